The monoisotopic (exact) mass is 385 g/mol. The smallest absolute Gasteiger partial charge is 0.361 e. The van der Waals surface area contributed by atoms with Crippen LogP contribution in [0.25, 0.3) is 5.69 Å². The molecule has 2 fully saturated rings. The van der Waals surface area contributed by atoms with E-state index in [-0.39, 0.29) is 35.3 Å². The van der Waals surface area contributed by atoms with E-state index in [1.807, 2.05) is 45.0 Å². The van der Waals surface area contributed by atoms with Crippen LogP contribution in [0.5, 0.6) is 5.75 Å². The van der Waals surface area contributed by atoms with Crippen molar-refractivity contribution in [2.45, 2.75) is 59.4 Å². The predicted molar refractivity (Wildman–Crippen MR) is 103 cm³/mol. The third-order valence-electron chi connectivity index (χ3n) is 5.77. The van der Waals surface area contributed by atoms with Gasteiger partial charge in [-0.05, 0) is 51.5 Å². The minimum atomic E-state index is -0.424. The molecular formula is C21H27N3O4. The Kier molecular flexibility index (Phi) is 4.65. The normalized spacial score (nSPS) is 25.3. The van der Waals surface area contributed by atoms with E-state index in [1.54, 1.807) is 4.68 Å². The topological polar surface area (TPSA) is 75.5 Å². The Labute approximate surface area is 165 Å². The summed E-state index contributed by atoms with van der Waals surface area (Å²) >= 11 is 0. The van der Waals surface area contributed by atoms with E-state index in [1.165, 1.54) is 0 Å². The van der Waals surface area contributed by atoms with Crippen LogP contribution in [0, 0.1) is 18.3 Å². The van der Waals surface area contributed by atoms with Crippen molar-refractivity contribution in [2.24, 2.45) is 11.3 Å². The first-order chi connectivity index (χ1) is 13.3. The van der Waals surface area contributed by atoms with Crippen LogP contribution in [0.15, 0.2) is 24.3 Å². The number of carbonyl (C=O) groups is 1. The summed E-state index contributed by atoms with van der Waals surface area (Å²) in [5, 5.41) is 8.24. The zero-order valence-electron chi connectivity index (χ0n) is 17.0. The molecular weight excluding hydrogens is 358 g/mol. The number of benzene rings is 1. The van der Waals surface area contributed by atoms with E-state index in [9.17, 15) is 4.79 Å². The number of hydrogen-bond donors (Lipinski definition) is 0. The number of aromatic nitrogens is 3. The first-order valence-corrected chi connectivity index (χ1v) is 9.81. The second-order valence-corrected chi connectivity index (χ2v) is 8.49. The van der Waals surface area contributed by atoms with Gasteiger partial charge in [-0.3, -0.25) is 0 Å². The molecule has 28 heavy (non-hydrogen) atoms. The highest BCUT2D eigenvalue weighted by Gasteiger charge is 2.61. The predicted octanol–water partition coefficient (Wildman–Crippen LogP) is 3.33. The molecule has 7 nitrogen and oxygen atoms in total. The maximum atomic E-state index is 12.8. The van der Waals surface area contributed by atoms with Crippen LogP contribution >= 0.6 is 0 Å². The number of rotatable bonds is 5. The molecule has 150 valence electrons. The fourth-order valence-corrected chi connectivity index (χ4v) is 4.39. The summed E-state index contributed by atoms with van der Waals surface area (Å²) in [5.74, 6) is 0.645. The minimum absolute atomic E-state index is 0.112. The Morgan fingerprint density at radius 3 is 2.68 bits per heavy atom. The number of esters is 1. The molecule has 0 N–H and O–H groups in total. The van der Waals surface area contributed by atoms with E-state index in [0.29, 0.717) is 5.69 Å². The molecule has 1 aromatic carbocycles. The van der Waals surface area contributed by atoms with E-state index in [0.717, 1.165) is 24.5 Å². The lowest BCUT2D eigenvalue weighted by atomic mass is 9.59. The zero-order chi connectivity index (χ0) is 20.1. The Hall–Kier alpha value is -2.41. The lowest BCUT2D eigenvalue weighted by Gasteiger charge is -2.52. The van der Waals surface area contributed by atoms with Gasteiger partial charge >= 0.3 is 5.97 Å². The molecule has 1 saturated carbocycles. The first kappa shape index (κ1) is 18.9. The van der Waals surface area contributed by atoms with Crippen LogP contribution < -0.4 is 4.74 Å². The molecule has 2 heterocycles. The SMILES string of the molecule is Cc1c(C(=O)O[C@@H]2[C@@H]3CCO[C@H]3C2(C)C)nnn1-c1ccc(OC(C)C)cc1. The Morgan fingerprint density at radius 1 is 1.29 bits per heavy atom. The summed E-state index contributed by atoms with van der Waals surface area (Å²) in [7, 11) is 0. The van der Waals surface area contributed by atoms with Gasteiger partial charge in [-0.15, -0.1) is 5.10 Å². The van der Waals surface area contributed by atoms with Crippen molar-refractivity contribution in [3.05, 3.63) is 35.7 Å². The molecule has 4 rings (SSSR count). The maximum Gasteiger partial charge on any atom is 0.361 e. The summed E-state index contributed by atoms with van der Waals surface area (Å²) in [5.41, 5.74) is 1.54. The molecule has 1 saturated heterocycles. The largest absolute Gasteiger partial charge is 0.491 e. The number of nitrogens with zero attached hydrogens (tertiary/aromatic N) is 3. The van der Waals surface area contributed by atoms with E-state index < -0.39 is 5.97 Å². The van der Waals surface area contributed by atoms with Crippen LogP contribution in [-0.2, 0) is 9.47 Å². The van der Waals surface area contributed by atoms with Gasteiger partial charge in [0.05, 0.1) is 23.6 Å². The second-order valence-electron chi connectivity index (χ2n) is 8.49. The van der Waals surface area contributed by atoms with Crippen molar-refractivity contribution in [3.8, 4) is 11.4 Å². The molecule has 0 radical (unpaired) electrons. The highest BCUT2D eigenvalue weighted by atomic mass is 16.6. The van der Waals surface area contributed by atoms with Crippen molar-refractivity contribution >= 4 is 5.97 Å². The lowest BCUT2D eigenvalue weighted by Crippen LogP contribution is -2.61. The molecule has 0 unspecified atom stereocenters. The van der Waals surface area contributed by atoms with Gasteiger partial charge in [0.2, 0.25) is 0 Å². The standard InChI is InChI=1S/C21H27N3O4/c1-12(2)27-15-8-6-14(7-9-15)24-13(3)17(22-23-24)20(25)28-19-16-10-11-26-18(16)21(19,4)5/h6-9,12,16,18-19H,10-11H2,1-5H3/t16-,18-,19-/m1/s1. The summed E-state index contributed by atoms with van der Waals surface area (Å²) in [4.78, 5) is 12.8. The molecule has 3 atom stereocenters. The number of fused-ring (bicyclic) bond motifs is 1. The molecule has 0 amide bonds. The summed E-state index contributed by atoms with van der Waals surface area (Å²) < 4.78 is 18.9. The first-order valence-electron chi connectivity index (χ1n) is 9.81. The van der Waals surface area contributed by atoms with Gasteiger partial charge < -0.3 is 14.2 Å². The quantitative estimate of drug-likeness (QED) is 0.735. The summed E-state index contributed by atoms with van der Waals surface area (Å²) in [6.07, 6.45) is 1.07. The van der Waals surface area contributed by atoms with Gasteiger partial charge in [0, 0.05) is 17.9 Å². The number of hydrogen-bond acceptors (Lipinski definition) is 6. The summed E-state index contributed by atoms with van der Waals surface area (Å²) in [6, 6.07) is 7.55. The van der Waals surface area contributed by atoms with Crippen LogP contribution in [0.4, 0.5) is 0 Å². The summed E-state index contributed by atoms with van der Waals surface area (Å²) in [6.45, 7) is 10.7. The van der Waals surface area contributed by atoms with Gasteiger partial charge in [0.1, 0.15) is 11.9 Å². The average molecular weight is 385 g/mol. The van der Waals surface area contributed by atoms with Crippen molar-refractivity contribution in [3.63, 3.8) is 0 Å². The van der Waals surface area contributed by atoms with E-state index in [4.69, 9.17) is 14.2 Å². The Bertz CT molecular complexity index is 872. The van der Waals surface area contributed by atoms with Gasteiger partial charge in [0.15, 0.2) is 5.69 Å². The highest BCUT2D eigenvalue weighted by Crippen LogP contribution is 2.53. The Morgan fingerprint density at radius 2 is 2.00 bits per heavy atom. The van der Waals surface area contributed by atoms with Crippen LogP contribution in [0.3, 0.4) is 0 Å². The highest BCUT2D eigenvalue weighted by molar-refractivity contribution is 5.88. The van der Waals surface area contributed by atoms with Crippen LogP contribution in [0.1, 0.15) is 50.3 Å². The van der Waals surface area contributed by atoms with Crippen molar-refractivity contribution < 1.29 is 19.0 Å². The van der Waals surface area contributed by atoms with Gasteiger partial charge in [0.25, 0.3) is 0 Å². The second kappa shape index (κ2) is 6.88. The fourth-order valence-electron chi connectivity index (χ4n) is 4.39. The third kappa shape index (κ3) is 3.07. The maximum absolute atomic E-state index is 12.8. The van der Waals surface area contributed by atoms with Crippen LogP contribution in [0.2, 0.25) is 0 Å². The van der Waals surface area contributed by atoms with Crippen molar-refractivity contribution in [1.82, 2.24) is 15.0 Å². The molecule has 1 aliphatic heterocycles. The number of ether oxygens (including phenoxy) is 3. The molecule has 2 aliphatic rings. The van der Waals surface area contributed by atoms with Gasteiger partial charge in [-0.2, -0.15) is 0 Å². The lowest BCUT2D eigenvalue weighted by molar-refractivity contribution is -0.183. The fraction of sp³-hybridized carbons (Fsp3) is 0.571. The zero-order valence-corrected chi connectivity index (χ0v) is 17.0. The molecule has 7 heteroatoms. The van der Waals surface area contributed by atoms with Crippen molar-refractivity contribution in [1.29, 1.82) is 0 Å². The molecule has 2 aromatic rings. The van der Waals surface area contributed by atoms with Gasteiger partial charge in [-0.1, -0.05) is 19.1 Å². The Balaban J connectivity index is 1.49. The molecule has 1 aromatic heterocycles. The molecule has 1 aliphatic carbocycles. The number of carbonyl (C=O) groups excluding carboxylic acids is 1. The van der Waals surface area contributed by atoms with Crippen LogP contribution in [-0.4, -0.2) is 45.9 Å². The molecule has 0 bridgehead atoms. The molecule has 0 spiro atoms. The van der Waals surface area contributed by atoms with Crippen molar-refractivity contribution in [2.75, 3.05) is 6.61 Å². The third-order valence-corrected chi connectivity index (χ3v) is 5.77. The van der Waals surface area contributed by atoms with Gasteiger partial charge in [-0.25, -0.2) is 9.48 Å². The average Bonchev–Trinajstić information content (AvgIpc) is 3.25. The minimum Gasteiger partial charge on any atom is -0.491 e. The van der Waals surface area contributed by atoms with E-state index >= 15 is 0 Å². The van der Waals surface area contributed by atoms with E-state index in [2.05, 4.69) is 24.2 Å².